The van der Waals surface area contributed by atoms with Gasteiger partial charge in [0, 0.05) is 61.2 Å². The molecule has 12 nitrogen and oxygen atoms in total. The zero-order chi connectivity index (χ0) is 31.9. The van der Waals surface area contributed by atoms with Crippen LogP contribution in [0.2, 0.25) is 0 Å². The highest BCUT2D eigenvalue weighted by Crippen LogP contribution is 2.57. The van der Waals surface area contributed by atoms with E-state index < -0.39 is 44.3 Å². The van der Waals surface area contributed by atoms with Crippen LogP contribution in [0.4, 0.5) is 0 Å². The molecule has 1 aromatic heterocycles. The number of benzene rings is 1. The number of fused-ring (bicyclic) bond motifs is 7. The number of carbonyl (C=O) groups excluding carboxylic acids is 3. The maximum Gasteiger partial charge on any atom is 0.250 e. The molecule has 232 valence electrons. The average molecular weight is 624 g/mol. The molecule has 1 aromatic carbocycles. The van der Waals surface area contributed by atoms with Crippen molar-refractivity contribution >= 4 is 27.4 Å². The van der Waals surface area contributed by atoms with Crippen molar-refractivity contribution in [3.05, 3.63) is 74.0 Å². The van der Waals surface area contributed by atoms with Crippen molar-refractivity contribution in [2.24, 2.45) is 5.92 Å². The van der Waals surface area contributed by atoms with Gasteiger partial charge in [0.05, 0.1) is 16.9 Å². The molecular weight excluding hydrogens is 590 g/mol. The van der Waals surface area contributed by atoms with Crippen LogP contribution in [0.15, 0.2) is 46.1 Å². The van der Waals surface area contributed by atoms with Gasteiger partial charge in [-0.15, -0.1) is 0 Å². The Bertz CT molecular complexity index is 1910. The molecule has 44 heavy (non-hydrogen) atoms. The summed E-state index contributed by atoms with van der Waals surface area (Å²) in [5.41, 5.74) is -1.20. The number of nitrogens with zero attached hydrogens (tertiary/aromatic N) is 2. The van der Waals surface area contributed by atoms with E-state index in [2.05, 4.69) is 5.32 Å². The Labute approximate surface area is 253 Å². The van der Waals surface area contributed by atoms with E-state index in [1.807, 2.05) is 6.07 Å². The number of allylic oxidation sites excluding steroid dienone is 4. The van der Waals surface area contributed by atoms with Gasteiger partial charge in [-0.3, -0.25) is 19.2 Å². The van der Waals surface area contributed by atoms with Crippen LogP contribution in [-0.2, 0) is 31.6 Å². The average Bonchev–Trinajstić information content (AvgIpc) is 3.24. The number of hydrogen-bond acceptors (Lipinski definition) is 10. The number of phenols is 2. The number of phenolic OH excluding ortho intramolecular Hbond substituents is 2. The Morgan fingerprint density at radius 2 is 1.84 bits per heavy atom. The summed E-state index contributed by atoms with van der Waals surface area (Å²) >= 11 is 0. The zero-order valence-corrected chi connectivity index (χ0v) is 25.6. The Balaban J connectivity index is 1.23. The first-order valence-electron chi connectivity index (χ1n) is 14.4. The second-order valence-electron chi connectivity index (χ2n) is 12.1. The number of carbonyl (C=O) groups is 3. The third-order valence-electron chi connectivity index (χ3n) is 9.35. The molecule has 0 saturated carbocycles. The van der Waals surface area contributed by atoms with E-state index in [1.54, 1.807) is 10.6 Å². The molecule has 2 aromatic rings. The van der Waals surface area contributed by atoms with Crippen molar-refractivity contribution in [1.82, 2.24) is 14.2 Å². The summed E-state index contributed by atoms with van der Waals surface area (Å²) in [4.78, 5) is 51.8. The lowest BCUT2D eigenvalue weighted by atomic mass is 9.70. The highest BCUT2D eigenvalue weighted by Gasteiger charge is 2.56. The monoisotopic (exact) mass is 623 g/mol. The number of Topliss-reactive ketones (excluding diaryl/α,β-unsaturated/α-hetero) is 2. The Morgan fingerprint density at radius 3 is 2.55 bits per heavy atom. The molecule has 0 radical (unpaired) electrons. The molecule has 13 heteroatoms. The van der Waals surface area contributed by atoms with Gasteiger partial charge in [-0.05, 0) is 46.1 Å². The minimum atomic E-state index is -3.71. The zero-order valence-electron chi connectivity index (χ0n) is 24.8. The molecule has 2 bridgehead atoms. The first-order chi connectivity index (χ1) is 20.7. The van der Waals surface area contributed by atoms with Crippen molar-refractivity contribution in [2.75, 3.05) is 25.4 Å². The number of piperidine rings is 1. The van der Waals surface area contributed by atoms with Gasteiger partial charge >= 0.3 is 0 Å². The second-order valence-corrected chi connectivity index (χ2v) is 14.2. The highest BCUT2D eigenvalue weighted by atomic mass is 32.2. The SMILES string of the molecule is CC(=O)c1c(O)c(C)c(O)c2c1OC1=CC(=O)/C(=C(/C)NCCS(=O)(=O)N3C[C@H]4C[C@@H](C3)c3cccc(=O)n3C4)C(=O)[C@@]12C. The van der Waals surface area contributed by atoms with Crippen LogP contribution in [0, 0.1) is 12.8 Å². The van der Waals surface area contributed by atoms with Crippen molar-refractivity contribution in [3.8, 4) is 17.2 Å². The normalized spacial score (nSPS) is 25.4. The van der Waals surface area contributed by atoms with Crippen molar-refractivity contribution in [3.63, 3.8) is 0 Å². The molecule has 0 unspecified atom stereocenters. The molecule has 4 aliphatic rings. The fraction of sp³-hybridized carbons (Fsp3) is 0.419. The van der Waals surface area contributed by atoms with Crippen LogP contribution in [0.5, 0.6) is 17.2 Å². The molecule has 0 spiro atoms. The molecule has 3 N–H and O–H groups in total. The lowest BCUT2D eigenvalue weighted by Crippen LogP contribution is -2.50. The third kappa shape index (κ3) is 4.32. The lowest BCUT2D eigenvalue weighted by molar-refractivity contribution is -0.123. The van der Waals surface area contributed by atoms with Crippen molar-refractivity contribution in [1.29, 1.82) is 0 Å². The Hall–Kier alpha value is -4.23. The second kappa shape index (κ2) is 10.2. The molecule has 3 atom stereocenters. The Morgan fingerprint density at radius 1 is 1.11 bits per heavy atom. The molecule has 1 fully saturated rings. The fourth-order valence-electron chi connectivity index (χ4n) is 7.03. The van der Waals surface area contributed by atoms with Crippen LogP contribution in [-0.4, -0.2) is 70.2 Å². The van der Waals surface area contributed by atoms with E-state index in [4.69, 9.17) is 4.74 Å². The molecular formula is C31H33N3O9S. The quantitative estimate of drug-likeness (QED) is 0.245. The van der Waals surface area contributed by atoms with E-state index in [1.165, 1.54) is 38.1 Å². The first kappa shape index (κ1) is 29.8. The minimum absolute atomic E-state index is 0.00675. The van der Waals surface area contributed by atoms with Gasteiger partial charge in [0.15, 0.2) is 17.3 Å². The smallest absolute Gasteiger partial charge is 0.250 e. The van der Waals surface area contributed by atoms with Crippen LogP contribution < -0.4 is 15.6 Å². The molecule has 3 aliphatic heterocycles. The summed E-state index contributed by atoms with van der Waals surface area (Å²) in [5, 5.41) is 24.4. The summed E-state index contributed by atoms with van der Waals surface area (Å²) in [6, 6.07) is 5.07. The van der Waals surface area contributed by atoms with Gasteiger partial charge in [-0.2, -0.15) is 0 Å². The van der Waals surface area contributed by atoms with E-state index in [9.17, 15) is 37.8 Å². The maximum atomic E-state index is 14.0. The number of hydrogen-bond donors (Lipinski definition) is 3. The Kier molecular flexibility index (Phi) is 6.89. The largest absolute Gasteiger partial charge is 0.507 e. The number of sulfonamides is 1. The van der Waals surface area contributed by atoms with E-state index >= 15 is 0 Å². The van der Waals surface area contributed by atoms with Gasteiger partial charge in [0.2, 0.25) is 10.0 Å². The first-order valence-corrected chi connectivity index (χ1v) is 16.0. The number of aromatic nitrogens is 1. The lowest BCUT2D eigenvalue weighted by Gasteiger charge is -2.42. The summed E-state index contributed by atoms with van der Waals surface area (Å²) in [6.45, 7) is 6.55. The van der Waals surface area contributed by atoms with Gasteiger partial charge in [-0.1, -0.05) is 6.07 Å². The summed E-state index contributed by atoms with van der Waals surface area (Å²) in [5.74, 6) is -3.41. The molecule has 4 heterocycles. The fourth-order valence-corrected chi connectivity index (χ4v) is 8.49. The van der Waals surface area contributed by atoms with E-state index in [-0.39, 0.29) is 75.7 Å². The maximum absolute atomic E-state index is 14.0. The molecule has 6 rings (SSSR count). The number of aromatic hydroxyl groups is 2. The van der Waals surface area contributed by atoms with Crippen LogP contribution in [0.1, 0.15) is 60.3 Å². The number of pyridine rings is 1. The number of rotatable bonds is 6. The summed E-state index contributed by atoms with van der Waals surface area (Å²) in [6.07, 6.45) is 1.93. The molecule has 0 amide bonds. The van der Waals surface area contributed by atoms with Gasteiger partial charge in [0.1, 0.15) is 34.0 Å². The number of nitrogens with one attached hydrogen (secondary N) is 1. The van der Waals surface area contributed by atoms with Gasteiger partial charge < -0.3 is 24.8 Å². The van der Waals surface area contributed by atoms with Crippen LogP contribution >= 0.6 is 0 Å². The number of ether oxygens (including phenoxy) is 1. The summed E-state index contributed by atoms with van der Waals surface area (Å²) in [7, 11) is -3.71. The molecule has 1 saturated heterocycles. The van der Waals surface area contributed by atoms with Gasteiger partial charge in [0.25, 0.3) is 5.56 Å². The predicted octanol–water partition coefficient (Wildman–Crippen LogP) is 1.77. The topological polar surface area (TPSA) is 172 Å². The van der Waals surface area contributed by atoms with Crippen molar-refractivity contribution < 1.29 is 37.8 Å². The minimum Gasteiger partial charge on any atom is -0.507 e. The summed E-state index contributed by atoms with van der Waals surface area (Å²) < 4.78 is 35.7. The molecule has 1 aliphatic carbocycles. The third-order valence-corrected chi connectivity index (χ3v) is 11.2. The van der Waals surface area contributed by atoms with E-state index in [0.717, 1.165) is 18.2 Å². The van der Waals surface area contributed by atoms with E-state index in [0.29, 0.717) is 13.1 Å². The predicted molar refractivity (Wildman–Crippen MR) is 158 cm³/mol. The van der Waals surface area contributed by atoms with Gasteiger partial charge in [-0.25, -0.2) is 12.7 Å². The standard InChI is InChI=1S/C31H33N3O9S/c1-15-27(38)25(17(3)35)29-26(28(15)39)31(4)22(43-29)11-21(36)24(30(31)40)16(2)32-8-9-44(41,42)33-12-18-10-19(14-33)20-6-5-7-23(37)34(20)13-18/h5-7,11,18-19,32,38-39H,8-10,12-14H2,1-4H3/b24-16+/t18-,19+,31+/m1/s1. The number of ketones is 3. The van der Waals surface area contributed by atoms with Crippen molar-refractivity contribution in [2.45, 2.75) is 52.0 Å². The van der Waals surface area contributed by atoms with Crippen LogP contribution in [0.25, 0.3) is 0 Å². The van der Waals surface area contributed by atoms with Crippen LogP contribution in [0.3, 0.4) is 0 Å². The highest BCUT2D eigenvalue weighted by molar-refractivity contribution is 7.89.